The van der Waals surface area contributed by atoms with Crippen molar-refractivity contribution < 1.29 is 8.39 Å². The van der Waals surface area contributed by atoms with E-state index in [1.807, 2.05) is 0 Å². The molecule has 1 atom stereocenters. The lowest BCUT2D eigenvalue weighted by Gasteiger charge is -2.00. The minimum Gasteiger partial charge on any atom is -0.277 e. The van der Waals surface area contributed by atoms with Gasteiger partial charge >= 0.3 is 0 Å². The molecule has 0 saturated heterocycles. The predicted octanol–water partition coefficient (Wildman–Crippen LogP) is -0.0319. The molecule has 1 heterocycles. The molecule has 0 saturated carbocycles. The Hall–Kier alpha value is -0.750. The quantitative estimate of drug-likeness (QED) is 0.633. The largest absolute Gasteiger partial charge is 0.277 e. The molecule has 11 heavy (non-hydrogen) atoms. The van der Waals surface area contributed by atoms with Crippen molar-refractivity contribution in [3.05, 3.63) is 11.6 Å². The lowest BCUT2D eigenvalue weighted by atomic mass is 10.7. The Bertz CT molecular complexity index is 264. The van der Waals surface area contributed by atoms with Crippen LogP contribution >= 0.6 is 0 Å². The van der Waals surface area contributed by atoms with Gasteiger partial charge in [0.05, 0.1) is 7.11 Å². The van der Waals surface area contributed by atoms with Crippen LogP contribution in [0.2, 0.25) is 0 Å². The van der Waals surface area contributed by atoms with E-state index in [-0.39, 0.29) is 0 Å². The van der Waals surface area contributed by atoms with Crippen molar-refractivity contribution in [2.24, 2.45) is 0 Å². The van der Waals surface area contributed by atoms with E-state index < -0.39 is 11.3 Å². The molecule has 0 radical (unpaired) electrons. The molecule has 1 aromatic rings. The van der Waals surface area contributed by atoms with Gasteiger partial charge in [-0.05, 0) is 13.8 Å². The number of aromatic nitrogens is 3. The van der Waals surface area contributed by atoms with Gasteiger partial charge in [0.1, 0.15) is 11.6 Å². The molecule has 1 unspecified atom stereocenters. The van der Waals surface area contributed by atoms with Crippen molar-refractivity contribution in [3.8, 4) is 0 Å². The molecule has 62 valence electrons. The SMILES string of the molecule is COS(=O)n1c(C)nnc1C. The van der Waals surface area contributed by atoms with Crippen LogP contribution in [0, 0.1) is 13.8 Å². The summed E-state index contributed by atoms with van der Waals surface area (Å²) in [5.74, 6) is 1.17. The van der Waals surface area contributed by atoms with E-state index in [2.05, 4.69) is 14.4 Å². The summed E-state index contributed by atoms with van der Waals surface area (Å²) in [7, 11) is 1.37. The first-order chi connectivity index (χ1) is 5.16. The van der Waals surface area contributed by atoms with Gasteiger partial charge in [0.15, 0.2) is 0 Å². The molecule has 0 aliphatic heterocycles. The Morgan fingerprint density at radius 2 is 1.82 bits per heavy atom. The highest BCUT2D eigenvalue weighted by molar-refractivity contribution is 7.78. The van der Waals surface area contributed by atoms with Crippen LogP contribution in [-0.4, -0.2) is 25.5 Å². The third kappa shape index (κ3) is 1.46. The number of aryl methyl sites for hydroxylation is 2. The highest BCUT2D eigenvalue weighted by atomic mass is 32.2. The van der Waals surface area contributed by atoms with Crippen LogP contribution < -0.4 is 0 Å². The lowest BCUT2D eigenvalue weighted by Crippen LogP contribution is -2.09. The molecule has 0 bridgehead atoms. The maximum Gasteiger partial charge on any atom is 0.271 e. The monoisotopic (exact) mass is 175 g/mol. The van der Waals surface area contributed by atoms with Gasteiger partial charge in [-0.1, -0.05) is 0 Å². The summed E-state index contributed by atoms with van der Waals surface area (Å²) in [5, 5.41) is 7.45. The number of nitrogens with zero attached hydrogens (tertiary/aromatic N) is 3. The van der Waals surface area contributed by atoms with E-state index in [9.17, 15) is 4.21 Å². The van der Waals surface area contributed by atoms with Crippen molar-refractivity contribution in [2.75, 3.05) is 7.11 Å². The highest BCUT2D eigenvalue weighted by Gasteiger charge is 2.09. The second kappa shape index (κ2) is 3.10. The first kappa shape index (κ1) is 8.35. The number of hydrogen-bond donors (Lipinski definition) is 0. The van der Waals surface area contributed by atoms with E-state index in [0.717, 1.165) is 0 Å². The van der Waals surface area contributed by atoms with Crippen LogP contribution in [0.4, 0.5) is 0 Å². The summed E-state index contributed by atoms with van der Waals surface area (Å²) >= 11 is -1.49. The molecule has 0 amide bonds. The summed E-state index contributed by atoms with van der Waals surface area (Å²) in [6.45, 7) is 3.44. The Kier molecular flexibility index (Phi) is 2.35. The van der Waals surface area contributed by atoms with Crippen LogP contribution in [0.15, 0.2) is 0 Å². The molecule has 5 nitrogen and oxygen atoms in total. The van der Waals surface area contributed by atoms with E-state index in [1.165, 1.54) is 11.1 Å². The van der Waals surface area contributed by atoms with E-state index in [4.69, 9.17) is 0 Å². The van der Waals surface area contributed by atoms with Gasteiger partial charge in [-0.2, -0.15) is 0 Å². The summed E-state index contributed by atoms with van der Waals surface area (Å²) in [6.07, 6.45) is 0. The van der Waals surface area contributed by atoms with Crippen molar-refractivity contribution in [2.45, 2.75) is 13.8 Å². The third-order valence-corrected chi connectivity index (χ3v) is 2.33. The van der Waals surface area contributed by atoms with Crippen LogP contribution in [0.3, 0.4) is 0 Å². The first-order valence-corrected chi connectivity index (χ1v) is 4.05. The smallest absolute Gasteiger partial charge is 0.271 e. The van der Waals surface area contributed by atoms with Crippen molar-refractivity contribution in [1.82, 2.24) is 14.2 Å². The second-order valence-electron chi connectivity index (χ2n) is 1.97. The molecule has 0 spiro atoms. The fourth-order valence-electron chi connectivity index (χ4n) is 0.750. The van der Waals surface area contributed by atoms with Gasteiger partial charge in [0.2, 0.25) is 0 Å². The predicted molar refractivity (Wildman–Crippen MR) is 40.0 cm³/mol. The maximum absolute atomic E-state index is 11.1. The van der Waals surface area contributed by atoms with Crippen LogP contribution in [0.5, 0.6) is 0 Å². The average molecular weight is 175 g/mol. The van der Waals surface area contributed by atoms with Gasteiger partial charge in [-0.15, -0.1) is 10.2 Å². The molecule has 1 aromatic heterocycles. The summed E-state index contributed by atoms with van der Waals surface area (Å²) in [6, 6.07) is 0. The summed E-state index contributed by atoms with van der Waals surface area (Å²) in [4.78, 5) is 0. The van der Waals surface area contributed by atoms with Crippen LogP contribution in [-0.2, 0) is 15.4 Å². The molecular formula is C5H9N3O2S. The van der Waals surface area contributed by atoms with Gasteiger partial charge in [0.25, 0.3) is 11.3 Å². The number of rotatable bonds is 2. The molecule has 6 heteroatoms. The van der Waals surface area contributed by atoms with E-state index in [1.54, 1.807) is 13.8 Å². The van der Waals surface area contributed by atoms with Crippen molar-refractivity contribution in [3.63, 3.8) is 0 Å². The molecule has 0 N–H and O–H groups in total. The highest BCUT2D eigenvalue weighted by Crippen LogP contribution is 2.01. The molecule has 0 aliphatic carbocycles. The fourth-order valence-corrected chi connectivity index (χ4v) is 1.40. The normalized spacial score (nSPS) is 13.4. The standard InChI is InChI=1S/C5H9N3O2S/c1-4-6-7-5(2)8(4)11(9)10-3/h1-3H3. The molecular weight excluding hydrogens is 166 g/mol. The van der Waals surface area contributed by atoms with E-state index in [0.29, 0.717) is 11.6 Å². The Balaban J connectivity index is 3.10. The molecule has 0 aromatic carbocycles. The van der Waals surface area contributed by atoms with Crippen molar-refractivity contribution in [1.29, 1.82) is 0 Å². The first-order valence-electron chi connectivity index (χ1n) is 3.02. The lowest BCUT2D eigenvalue weighted by molar-refractivity contribution is 0.438. The Labute approximate surface area is 67.2 Å². The Morgan fingerprint density at radius 3 is 2.18 bits per heavy atom. The fraction of sp³-hybridized carbons (Fsp3) is 0.600. The zero-order valence-electron chi connectivity index (χ0n) is 6.57. The second-order valence-corrected chi connectivity index (χ2v) is 3.11. The minimum absolute atomic E-state index is 0.586. The number of hydrogen-bond acceptors (Lipinski definition) is 4. The Morgan fingerprint density at radius 1 is 1.36 bits per heavy atom. The van der Waals surface area contributed by atoms with Gasteiger partial charge in [-0.25, -0.2) is 8.18 Å². The zero-order chi connectivity index (χ0) is 8.43. The summed E-state index contributed by atoms with van der Waals surface area (Å²) < 4.78 is 17.1. The van der Waals surface area contributed by atoms with Crippen LogP contribution in [0.1, 0.15) is 11.6 Å². The third-order valence-electron chi connectivity index (χ3n) is 1.22. The van der Waals surface area contributed by atoms with Gasteiger partial charge < -0.3 is 0 Å². The van der Waals surface area contributed by atoms with Gasteiger partial charge in [-0.3, -0.25) is 4.18 Å². The maximum atomic E-state index is 11.1. The molecule has 1 rings (SSSR count). The molecule has 0 aliphatic rings. The topological polar surface area (TPSA) is 57.0 Å². The van der Waals surface area contributed by atoms with E-state index >= 15 is 0 Å². The van der Waals surface area contributed by atoms with Crippen LogP contribution in [0.25, 0.3) is 0 Å². The average Bonchev–Trinajstić information content (AvgIpc) is 2.30. The zero-order valence-corrected chi connectivity index (χ0v) is 7.38. The van der Waals surface area contributed by atoms with Crippen molar-refractivity contribution >= 4 is 11.3 Å². The minimum atomic E-state index is -1.49. The summed E-state index contributed by atoms with van der Waals surface area (Å²) in [5.41, 5.74) is 0. The molecule has 0 fully saturated rings. The van der Waals surface area contributed by atoms with Gasteiger partial charge in [0, 0.05) is 0 Å².